The van der Waals surface area contributed by atoms with Gasteiger partial charge in [0.25, 0.3) is 11.8 Å². The number of methoxy groups -OCH3 is 2. The molecule has 6 aromatic rings. The largest absolute Gasteiger partial charge is 0.492 e. The van der Waals surface area contributed by atoms with Gasteiger partial charge in [-0.3, -0.25) is 19.0 Å². The number of hydrogen-bond acceptors (Lipinski definition) is 14. The zero-order valence-corrected chi connectivity index (χ0v) is 48.8. The number of nitrogens with zero attached hydrogens (tertiary/aromatic N) is 4. The van der Waals surface area contributed by atoms with Crippen LogP contribution < -0.4 is 35.3 Å². The summed E-state index contributed by atoms with van der Waals surface area (Å²) in [5.41, 5.74) is 11.3. The van der Waals surface area contributed by atoms with E-state index < -0.39 is 43.8 Å². The summed E-state index contributed by atoms with van der Waals surface area (Å²) in [7, 11) is -4.43. The van der Waals surface area contributed by atoms with E-state index in [1.807, 2.05) is 55.4 Å². The Kier molecular flexibility index (Phi) is 20.2. The standard InChI is InChI=1S/C26H32N4O6S.C24H28N4O6S.C5H13N/c1-8-36-25(32)18-14-27-30(15-18)22-11-17(10-9-16(22)2)24(31)28-20-12-19(26(3,4)5)13-21(23(20)35-6)29-37(7,33)34;1-14-7-8-15(9-20(14)28-13-16(12-25-28)23(30)31)22(29)26-18-10-17(24(2,3)4)11-19(21(18)34-5)27-35(6,32)33;1-5(2,3)4-6/h9-15,29H,8H2,1-7H3,(H,28,31);7-13,27H,1-6H3,(H,26,29)(H,30,31);4,6H2,1-3H3. The first-order chi connectivity index (χ1) is 36.0. The fraction of sp³-hybridized carbons (Fsp3) is 0.382. The topological polar surface area (TPSA) is 294 Å². The van der Waals surface area contributed by atoms with Crippen LogP contribution >= 0.6 is 0 Å². The van der Waals surface area contributed by atoms with Gasteiger partial charge in [0, 0.05) is 23.5 Å². The molecule has 6 rings (SSSR count). The van der Waals surface area contributed by atoms with Crippen molar-refractivity contribution in [2.24, 2.45) is 11.1 Å². The first kappa shape index (κ1) is 62.8. The first-order valence-corrected chi connectivity index (χ1v) is 28.2. The number of rotatable bonds is 15. The molecule has 0 saturated heterocycles. The highest BCUT2D eigenvalue weighted by molar-refractivity contribution is 7.92. The summed E-state index contributed by atoms with van der Waals surface area (Å²) in [6.45, 7) is 24.6. The van der Waals surface area contributed by atoms with E-state index in [0.29, 0.717) is 44.9 Å². The molecule has 4 aromatic carbocycles. The highest BCUT2D eigenvalue weighted by Crippen LogP contribution is 2.41. The number of aryl methyl sites for hydroxylation is 2. The van der Waals surface area contributed by atoms with Gasteiger partial charge in [-0.15, -0.1) is 0 Å². The van der Waals surface area contributed by atoms with Gasteiger partial charge in [0.2, 0.25) is 20.0 Å². The number of hydrogen-bond donors (Lipinski definition) is 6. The highest BCUT2D eigenvalue weighted by Gasteiger charge is 2.25. The van der Waals surface area contributed by atoms with Gasteiger partial charge in [-0.25, -0.2) is 35.8 Å². The van der Waals surface area contributed by atoms with E-state index in [2.05, 4.69) is 51.0 Å². The van der Waals surface area contributed by atoms with Gasteiger partial charge >= 0.3 is 11.9 Å². The van der Waals surface area contributed by atoms with Gasteiger partial charge in [0.1, 0.15) is 0 Å². The van der Waals surface area contributed by atoms with Crippen molar-refractivity contribution in [1.29, 1.82) is 0 Å². The molecule has 0 radical (unpaired) electrons. The number of nitrogens with one attached hydrogen (secondary N) is 4. The predicted octanol–water partition coefficient (Wildman–Crippen LogP) is 9.09. The highest BCUT2D eigenvalue weighted by atomic mass is 32.2. The molecule has 0 aliphatic carbocycles. The van der Waals surface area contributed by atoms with E-state index in [9.17, 15) is 41.1 Å². The van der Waals surface area contributed by atoms with Crippen molar-refractivity contribution in [2.75, 3.05) is 60.0 Å². The molecule has 0 bridgehead atoms. The van der Waals surface area contributed by atoms with Crippen LogP contribution in [0.3, 0.4) is 0 Å². The average molecular weight is 1120 g/mol. The summed E-state index contributed by atoms with van der Waals surface area (Å²) >= 11 is 0. The van der Waals surface area contributed by atoms with Crippen molar-refractivity contribution in [3.63, 3.8) is 0 Å². The summed E-state index contributed by atoms with van der Waals surface area (Å²) in [5, 5.41) is 23.2. The number of carbonyl (C=O) groups is 4. The molecule has 0 unspecified atom stereocenters. The summed E-state index contributed by atoms with van der Waals surface area (Å²) in [6, 6.07) is 16.9. The summed E-state index contributed by atoms with van der Waals surface area (Å²) in [5.74, 6) is -2.13. The van der Waals surface area contributed by atoms with Gasteiger partial charge in [0.15, 0.2) is 11.5 Å². The lowest BCUT2D eigenvalue weighted by Gasteiger charge is -2.24. The number of esters is 1. The van der Waals surface area contributed by atoms with Crippen molar-refractivity contribution >= 4 is 66.5 Å². The molecule has 21 nitrogen and oxygen atoms in total. The molecule has 0 aliphatic heterocycles. The molecule has 422 valence electrons. The minimum absolute atomic E-state index is 0.0221. The Hall–Kier alpha value is -7.76. The lowest BCUT2D eigenvalue weighted by atomic mass is 9.86. The summed E-state index contributed by atoms with van der Waals surface area (Å²) < 4.78 is 71.6. The molecule has 0 atom stereocenters. The smallest absolute Gasteiger partial charge is 0.341 e. The Morgan fingerprint density at radius 1 is 0.603 bits per heavy atom. The van der Waals surface area contributed by atoms with Gasteiger partial charge in [0.05, 0.1) is 91.0 Å². The Bertz CT molecular complexity index is 3400. The van der Waals surface area contributed by atoms with Crippen molar-refractivity contribution in [3.8, 4) is 22.9 Å². The van der Waals surface area contributed by atoms with E-state index in [-0.39, 0.29) is 45.9 Å². The third-order valence-corrected chi connectivity index (χ3v) is 12.6. The number of aromatic carboxylic acids is 1. The molecule has 2 aromatic heterocycles. The van der Waals surface area contributed by atoms with Crippen LogP contribution in [0.5, 0.6) is 11.5 Å². The second-order valence-electron chi connectivity index (χ2n) is 21.5. The lowest BCUT2D eigenvalue weighted by Crippen LogP contribution is -2.18. The van der Waals surface area contributed by atoms with Crippen LogP contribution in [0.4, 0.5) is 22.7 Å². The van der Waals surface area contributed by atoms with E-state index in [0.717, 1.165) is 41.3 Å². The first-order valence-electron chi connectivity index (χ1n) is 24.4. The molecule has 0 aliphatic rings. The van der Waals surface area contributed by atoms with Gasteiger partial charge in [-0.2, -0.15) is 10.2 Å². The van der Waals surface area contributed by atoms with Crippen LogP contribution in [0.25, 0.3) is 11.4 Å². The molecule has 0 spiro atoms. The van der Waals surface area contributed by atoms with Crippen molar-refractivity contribution in [1.82, 2.24) is 19.6 Å². The number of benzene rings is 4. The normalized spacial score (nSPS) is 11.7. The number of aromatic nitrogens is 4. The zero-order valence-electron chi connectivity index (χ0n) is 47.1. The van der Waals surface area contributed by atoms with Crippen molar-refractivity contribution in [3.05, 3.63) is 130 Å². The molecule has 0 fully saturated rings. The van der Waals surface area contributed by atoms with E-state index in [4.69, 9.17) is 19.9 Å². The van der Waals surface area contributed by atoms with Crippen LogP contribution in [-0.2, 0) is 35.6 Å². The van der Waals surface area contributed by atoms with Crippen LogP contribution in [0.2, 0.25) is 0 Å². The quantitative estimate of drug-likeness (QED) is 0.0523. The van der Waals surface area contributed by atoms with E-state index in [1.54, 1.807) is 73.8 Å². The molecule has 7 N–H and O–H groups in total. The van der Waals surface area contributed by atoms with Gasteiger partial charge < -0.3 is 35.7 Å². The van der Waals surface area contributed by atoms with Gasteiger partial charge in [-0.05, 0) is 114 Å². The van der Waals surface area contributed by atoms with E-state index in [1.165, 1.54) is 42.2 Å². The fourth-order valence-electron chi connectivity index (χ4n) is 7.02. The number of carboxylic acid groups (broad SMARTS) is 1. The number of amides is 2. The average Bonchev–Trinajstić information content (AvgIpc) is 4.03. The Labute approximate surface area is 457 Å². The molecule has 2 amide bonds. The number of carbonyl (C=O) groups excluding carboxylic acids is 3. The second-order valence-corrected chi connectivity index (χ2v) is 25.0. The minimum atomic E-state index is -3.61. The third-order valence-electron chi connectivity index (χ3n) is 11.4. The van der Waals surface area contributed by atoms with Crippen LogP contribution in [0.15, 0.2) is 85.5 Å². The Balaban J connectivity index is 0.000000305. The van der Waals surface area contributed by atoms with Crippen LogP contribution in [-0.4, -0.2) is 105 Å². The molecule has 0 saturated carbocycles. The summed E-state index contributed by atoms with van der Waals surface area (Å²) in [6.07, 6.45) is 7.63. The van der Waals surface area contributed by atoms with Crippen LogP contribution in [0, 0.1) is 19.3 Å². The van der Waals surface area contributed by atoms with Gasteiger partial charge in [-0.1, -0.05) is 74.4 Å². The number of ether oxygens (including phenoxy) is 3. The maximum absolute atomic E-state index is 13.3. The predicted molar refractivity (Wildman–Crippen MR) is 304 cm³/mol. The summed E-state index contributed by atoms with van der Waals surface area (Å²) in [4.78, 5) is 49.8. The Morgan fingerprint density at radius 3 is 1.27 bits per heavy atom. The number of carboxylic acids is 1. The van der Waals surface area contributed by atoms with E-state index >= 15 is 0 Å². The van der Waals surface area contributed by atoms with Crippen LogP contribution in [0.1, 0.15) is 133 Å². The van der Waals surface area contributed by atoms with Crippen molar-refractivity contribution in [2.45, 2.75) is 93.9 Å². The SMILES string of the molecule is CC(C)(C)CN.CCOC(=O)c1cnn(-c2cc(C(=O)Nc3cc(C(C)(C)C)cc(NS(C)(=O)=O)c3OC)ccc2C)c1.COc1c(NC(=O)c2ccc(C)c(-n3cc(C(=O)O)cn3)c2)cc(C(C)(C)C)cc1NS(C)(=O)=O. The lowest BCUT2D eigenvalue weighted by molar-refractivity contribution is 0.0525. The monoisotopic (exact) mass is 1120 g/mol. The molecule has 23 heteroatoms. The molecule has 78 heavy (non-hydrogen) atoms. The zero-order chi connectivity index (χ0) is 58.9. The molecule has 2 heterocycles. The van der Waals surface area contributed by atoms with Crippen molar-refractivity contribution < 1.29 is 55.3 Å². The number of sulfonamides is 2. The molecular weight excluding hydrogens is 1040 g/mol. The second kappa shape index (κ2) is 25.1. The maximum Gasteiger partial charge on any atom is 0.341 e. The molecular formula is C55H73N9O12S2. The Morgan fingerprint density at radius 2 is 0.962 bits per heavy atom. The number of anilines is 4. The maximum atomic E-state index is 13.3. The minimum Gasteiger partial charge on any atom is -0.492 e. The fourth-order valence-corrected chi connectivity index (χ4v) is 8.13. The third kappa shape index (κ3) is 17.6. The number of nitrogens with two attached hydrogens (primary N) is 1.